The number of nitrogens with two attached hydrogens (primary N) is 1. The van der Waals surface area contributed by atoms with Gasteiger partial charge in [-0.2, -0.15) is 0 Å². The van der Waals surface area contributed by atoms with Crippen LogP contribution in [0, 0.1) is 0 Å². The van der Waals surface area contributed by atoms with Crippen molar-refractivity contribution in [1.82, 2.24) is 0 Å². The summed E-state index contributed by atoms with van der Waals surface area (Å²) in [6, 6.07) is 0. The van der Waals surface area contributed by atoms with Crippen LogP contribution in [-0.2, 0) is 0 Å². The molecule has 0 radical (unpaired) electrons. The fourth-order valence-electron chi connectivity index (χ4n) is 0.493. The van der Waals surface area contributed by atoms with Crippen molar-refractivity contribution in [2.24, 2.45) is 5.73 Å². The molecule has 1 nitrogen and oxygen atoms in total. The van der Waals surface area contributed by atoms with Crippen molar-refractivity contribution < 1.29 is 0 Å². The van der Waals surface area contributed by atoms with Gasteiger partial charge in [0.15, 0.2) is 0 Å². The molecule has 2 heteroatoms. The lowest BCUT2D eigenvalue weighted by atomic mass is 10.2. The number of unbranched alkanes of at least 4 members (excludes halogenated alkanes) is 2. The van der Waals surface area contributed by atoms with Crippen molar-refractivity contribution in [3.05, 3.63) is 18.4 Å². The Morgan fingerprint density at radius 3 is 2.56 bits per heavy atom. The van der Waals surface area contributed by atoms with Gasteiger partial charge in [-0.05, 0) is 31.9 Å². The van der Waals surface area contributed by atoms with Gasteiger partial charge >= 0.3 is 0 Å². The Bertz CT molecular complexity index is 84.9. The molecule has 54 valence electrons. The van der Waals surface area contributed by atoms with Crippen molar-refractivity contribution in [2.45, 2.75) is 19.3 Å². The molecule has 2 N–H and O–H groups in total. The summed E-state index contributed by atoms with van der Waals surface area (Å²) >= 11 is 0. The third-order valence-corrected chi connectivity index (χ3v) is 0.947. The maximum atomic E-state index is 5.26. The first kappa shape index (κ1) is 11.6. The minimum Gasteiger partial charge on any atom is -0.330 e. The largest absolute Gasteiger partial charge is 0.330 e. The number of hydrogen-bond acceptors (Lipinski definition) is 1. The van der Waals surface area contributed by atoms with E-state index in [9.17, 15) is 0 Å². The molecule has 9 heavy (non-hydrogen) atoms. The van der Waals surface area contributed by atoms with Gasteiger partial charge < -0.3 is 5.73 Å². The second-order valence-electron chi connectivity index (χ2n) is 1.69. The number of halogens is 1. The maximum absolute atomic E-state index is 5.26. The minimum absolute atomic E-state index is 0. The van der Waals surface area contributed by atoms with Crippen LogP contribution in [0.5, 0.6) is 0 Å². The third-order valence-electron chi connectivity index (χ3n) is 0.947. The molecular weight excluding hydrogens is 134 g/mol. The molecule has 0 aromatic heterocycles. The zero-order valence-corrected chi connectivity index (χ0v) is 6.41. The van der Waals surface area contributed by atoms with E-state index in [4.69, 9.17) is 5.73 Å². The van der Waals surface area contributed by atoms with Crippen molar-refractivity contribution in [1.29, 1.82) is 0 Å². The first-order valence-electron chi connectivity index (χ1n) is 2.96. The van der Waals surface area contributed by atoms with Gasteiger partial charge in [0.1, 0.15) is 0 Å². The molecule has 0 aromatic rings. The number of rotatable bonds is 4. The maximum Gasteiger partial charge on any atom is -0.00772 e. The first-order chi connectivity index (χ1) is 3.91. The molecule has 0 unspecified atom stereocenters. The highest BCUT2D eigenvalue weighted by Crippen LogP contribution is 1.92. The Balaban J connectivity index is 0. The Morgan fingerprint density at radius 2 is 2.11 bits per heavy atom. The van der Waals surface area contributed by atoms with Gasteiger partial charge in [0.05, 0.1) is 0 Å². The second-order valence-corrected chi connectivity index (χ2v) is 1.69. The lowest BCUT2D eigenvalue weighted by molar-refractivity contribution is 0.759. The van der Waals surface area contributed by atoms with Crippen LogP contribution in [0.15, 0.2) is 18.4 Å². The van der Waals surface area contributed by atoms with Gasteiger partial charge in [-0.3, -0.25) is 0 Å². The fraction of sp³-hybridized carbons (Fsp3) is 0.571. The average molecular weight is 148 g/mol. The zero-order chi connectivity index (χ0) is 6.24. The van der Waals surface area contributed by atoms with Crippen LogP contribution in [0.3, 0.4) is 0 Å². The summed E-state index contributed by atoms with van der Waals surface area (Å²) < 4.78 is 0. The van der Waals surface area contributed by atoms with Crippen molar-refractivity contribution >= 4 is 12.4 Å². The van der Waals surface area contributed by atoms with Crippen LogP contribution >= 0.6 is 12.4 Å². The van der Waals surface area contributed by atoms with Gasteiger partial charge in [-0.25, -0.2) is 0 Å². The molecule has 0 aliphatic carbocycles. The Hall–Kier alpha value is -0.230. The fourth-order valence-corrected chi connectivity index (χ4v) is 0.493. The van der Waals surface area contributed by atoms with Gasteiger partial charge in [0.2, 0.25) is 0 Å². The quantitative estimate of drug-likeness (QED) is 0.477. The van der Waals surface area contributed by atoms with E-state index in [0.29, 0.717) is 0 Å². The van der Waals surface area contributed by atoms with Crippen LogP contribution in [0.4, 0.5) is 0 Å². The smallest absolute Gasteiger partial charge is 0.00772 e. The van der Waals surface area contributed by atoms with Crippen LogP contribution in [0.2, 0.25) is 0 Å². The van der Waals surface area contributed by atoms with Crippen molar-refractivity contribution in [3.63, 3.8) is 0 Å². The van der Waals surface area contributed by atoms with E-state index in [0.717, 1.165) is 19.4 Å². The third kappa shape index (κ3) is 11.4. The summed E-state index contributed by atoms with van der Waals surface area (Å²) in [4.78, 5) is 0. The molecule has 0 bridgehead atoms. The van der Waals surface area contributed by atoms with E-state index in [1.165, 1.54) is 6.42 Å². The predicted molar refractivity (Wildman–Crippen MR) is 43.9 cm³/mol. The van der Waals surface area contributed by atoms with Crippen LogP contribution in [-0.4, -0.2) is 6.54 Å². The molecule has 0 atom stereocenters. The second kappa shape index (κ2) is 10.7. The number of allylic oxidation sites excluding steroid dienone is 1. The van der Waals surface area contributed by atoms with E-state index in [2.05, 4.69) is 12.3 Å². The number of hydrogen-bond donors (Lipinski definition) is 1. The van der Waals surface area contributed by atoms with E-state index in [-0.39, 0.29) is 12.4 Å². The summed E-state index contributed by atoms with van der Waals surface area (Å²) in [6.45, 7) is 4.24. The topological polar surface area (TPSA) is 26.0 Å². The Morgan fingerprint density at radius 1 is 1.44 bits per heavy atom. The zero-order valence-electron chi connectivity index (χ0n) is 5.60. The summed E-state index contributed by atoms with van der Waals surface area (Å²) in [5.41, 5.74) is 7.97. The highest BCUT2D eigenvalue weighted by Gasteiger charge is 1.78. The predicted octanol–water partition coefficient (Wildman–Crippen LogP) is 1.88. The molecule has 0 saturated carbocycles. The van der Waals surface area contributed by atoms with Crippen molar-refractivity contribution in [3.8, 4) is 0 Å². The van der Waals surface area contributed by atoms with Crippen LogP contribution in [0.1, 0.15) is 19.3 Å². The van der Waals surface area contributed by atoms with E-state index in [1.54, 1.807) is 0 Å². The lowest BCUT2D eigenvalue weighted by Crippen LogP contribution is -1.96. The van der Waals surface area contributed by atoms with E-state index in [1.807, 2.05) is 6.08 Å². The van der Waals surface area contributed by atoms with Gasteiger partial charge in [-0.1, -0.05) is 6.58 Å². The summed E-state index contributed by atoms with van der Waals surface area (Å²) in [5.74, 6) is 0. The first-order valence-corrected chi connectivity index (χ1v) is 2.96. The SMILES string of the molecule is C=C=CCCCCN.Cl. The molecule has 0 heterocycles. The molecule has 0 spiro atoms. The van der Waals surface area contributed by atoms with E-state index < -0.39 is 0 Å². The van der Waals surface area contributed by atoms with E-state index >= 15 is 0 Å². The standard InChI is InChI=1S/C7H13N.ClH/c1-2-3-4-5-6-7-8;/h3H,1,4-8H2;1H. The minimum atomic E-state index is 0. The van der Waals surface area contributed by atoms with Gasteiger partial charge in [-0.15, -0.1) is 18.1 Å². The monoisotopic (exact) mass is 147 g/mol. The Labute approximate surface area is 63.0 Å². The molecule has 0 saturated heterocycles. The highest BCUT2D eigenvalue weighted by atomic mass is 35.5. The highest BCUT2D eigenvalue weighted by molar-refractivity contribution is 5.85. The molecule has 0 fully saturated rings. The van der Waals surface area contributed by atoms with Crippen LogP contribution in [0.25, 0.3) is 0 Å². The van der Waals surface area contributed by atoms with Crippen LogP contribution < -0.4 is 5.73 Å². The molecular formula is C7H14ClN. The summed E-state index contributed by atoms with van der Waals surface area (Å²) in [5, 5.41) is 0. The molecule has 0 aliphatic heterocycles. The lowest BCUT2D eigenvalue weighted by Gasteiger charge is -1.88. The molecule has 0 aliphatic rings. The Kier molecular flexibility index (Phi) is 13.7. The van der Waals surface area contributed by atoms with Crippen molar-refractivity contribution in [2.75, 3.05) is 6.54 Å². The van der Waals surface area contributed by atoms with Gasteiger partial charge in [0.25, 0.3) is 0 Å². The molecule has 0 rings (SSSR count). The molecule has 0 aromatic carbocycles. The normalized spacial score (nSPS) is 7.22. The average Bonchev–Trinajstić information content (AvgIpc) is 1.81. The summed E-state index contributed by atoms with van der Waals surface area (Å²) in [6.07, 6.45) is 5.29. The summed E-state index contributed by atoms with van der Waals surface area (Å²) in [7, 11) is 0. The van der Waals surface area contributed by atoms with Gasteiger partial charge in [0, 0.05) is 0 Å². The molecule has 0 amide bonds.